The highest BCUT2D eigenvalue weighted by atomic mass is 19.1. The first-order valence-corrected chi connectivity index (χ1v) is 6.94. The quantitative estimate of drug-likeness (QED) is 0.852. The first-order chi connectivity index (χ1) is 9.74. The van der Waals surface area contributed by atoms with Gasteiger partial charge in [0.15, 0.2) is 0 Å². The van der Waals surface area contributed by atoms with Gasteiger partial charge in [-0.15, -0.1) is 0 Å². The number of anilines is 1. The van der Waals surface area contributed by atoms with Gasteiger partial charge in [0.1, 0.15) is 23.3 Å². The van der Waals surface area contributed by atoms with Crippen LogP contribution in [0.5, 0.6) is 5.75 Å². The lowest BCUT2D eigenvalue weighted by Gasteiger charge is -2.24. The summed E-state index contributed by atoms with van der Waals surface area (Å²) >= 11 is 0. The van der Waals surface area contributed by atoms with Crippen molar-refractivity contribution in [2.45, 2.75) is 38.9 Å². The smallest absolute Gasteiger partial charge is 0.410 e. The Kier molecular flexibility index (Phi) is 4.25. The van der Waals surface area contributed by atoms with Crippen LogP contribution in [0.1, 0.15) is 27.2 Å². The van der Waals surface area contributed by atoms with Gasteiger partial charge in [-0.3, -0.25) is 0 Å². The van der Waals surface area contributed by atoms with Crippen molar-refractivity contribution in [2.75, 3.05) is 18.8 Å². The van der Waals surface area contributed by atoms with Gasteiger partial charge in [-0.2, -0.15) is 0 Å². The number of nitrogens with two attached hydrogens (primary N) is 1. The van der Waals surface area contributed by atoms with Gasteiger partial charge in [-0.25, -0.2) is 9.18 Å². The van der Waals surface area contributed by atoms with Crippen molar-refractivity contribution in [3.05, 3.63) is 24.0 Å². The van der Waals surface area contributed by atoms with Crippen LogP contribution in [0, 0.1) is 5.82 Å². The molecule has 1 fully saturated rings. The highest BCUT2D eigenvalue weighted by Crippen LogP contribution is 2.23. The maximum Gasteiger partial charge on any atom is 0.410 e. The fraction of sp³-hybridized carbons (Fsp3) is 0.533. The van der Waals surface area contributed by atoms with Crippen LogP contribution in [-0.2, 0) is 4.74 Å². The van der Waals surface area contributed by atoms with E-state index in [1.807, 2.05) is 20.8 Å². The average Bonchev–Trinajstić information content (AvgIpc) is 2.80. The zero-order valence-electron chi connectivity index (χ0n) is 12.6. The zero-order valence-corrected chi connectivity index (χ0v) is 12.6. The standard InChI is InChI=1S/C15H21FN2O3/c1-15(2,3)21-14(19)18-7-6-11(9-18)20-10-4-5-13(17)12(16)8-10/h4-5,8,11H,6-7,9,17H2,1-3H3/t11-/m1/s1. The number of halogens is 1. The summed E-state index contributed by atoms with van der Waals surface area (Å²) in [6.45, 7) is 6.47. The third kappa shape index (κ3) is 4.24. The molecule has 21 heavy (non-hydrogen) atoms. The Morgan fingerprint density at radius 2 is 2.14 bits per heavy atom. The molecule has 6 heteroatoms. The fourth-order valence-corrected chi connectivity index (χ4v) is 2.09. The SMILES string of the molecule is CC(C)(C)OC(=O)N1CC[C@@H](Oc2ccc(N)c(F)c2)C1. The monoisotopic (exact) mass is 296 g/mol. The third-order valence-corrected chi connectivity index (χ3v) is 3.07. The molecule has 1 heterocycles. The molecule has 1 aromatic carbocycles. The molecule has 1 aromatic rings. The van der Waals surface area contributed by atoms with Crippen molar-refractivity contribution in [2.24, 2.45) is 0 Å². The number of ether oxygens (including phenoxy) is 2. The molecule has 1 aliphatic heterocycles. The van der Waals surface area contributed by atoms with Crippen LogP contribution in [0.4, 0.5) is 14.9 Å². The van der Waals surface area contributed by atoms with Crippen LogP contribution < -0.4 is 10.5 Å². The lowest BCUT2D eigenvalue weighted by atomic mass is 10.2. The van der Waals surface area contributed by atoms with E-state index < -0.39 is 11.4 Å². The van der Waals surface area contributed by atoms with Gasteiger partial charge in [0.2, 0.25) is 0 Å². The number of carbonyl (C=O) groups excluding carboxylic acids is 1. The average molecular weight is 296 g/mol. The van der Waals surface area contributed by atoms with Gasteiger partial charge >= 0.3 is 6.09 Å². The second-order valence-corrected chi connectivity index (χ2v) is 6.14. The van der Waals surface area contributed by atoms with Gasteiger partial charge in [0.25, 0.3) is 0 Å². The first-order valence-electron chi connectivity index (χ1n) is 6.94. The van der Waals surface area contributed by atoms with E-state index in [4.69, 9.17) is 15.2 Å². The molecule has 2 N–H and O–H groups in total. The largest absolute Gasteiger partial charge is 0.488 e. The number of carbonyl (C=O) groups is 1. The lowest BCUT2D eigenvalue weighted by Crippen LogP contribution is -2.36. The minimum atomic E-state index is -0.518. The summed E-state index contributed by atoms with van der Waals surface area (Å²) in [7, 11) is 0. The van der Waals surface area contributed by atoms with E-state index in [2.05, 4.69) is 0 Å². The number of hydrogen-bond donors (Lipinski definition) is 1. The van der Waals surface area contributed by atoms with Gasteiger partial charge in [-0.1, -0.05) is 0 Å². The van der Waals surface area contributed by atoms with Gasteiger partial charge in [0.05, 0.1) is 12.2 Å². The summed E-state index contributed by atoms with van der Waals surface area (Å²) in [5.41, 5.74) is 4.99. The van der Waals surface area contributed by atoms with Crippen molar-refractivity contribution >= 4 is 11.8 Å². The molecular formula is C15H21FN2O3. The number of likely N-dealkylation sites (tertiary alicyclic amines) is 1. The van der Waals surface area contributed by atoms with E-state index >= 15 is 0 Å². The minimum Gasteiger partial charge on any atom is -0.488 e. The molecule has 0 unspecified atom stereocenters. The number of amides is 1. The van der Waals surface area contributed by atoms with Crippen LogP contribution in [0.15, 0.2) is 18.2 Å². The summed E-state index contributed by atoms with van der Waals surface area (Å²) in [4.78, 5) is 13.5. The summed E-state index contributed by atoms with van der Waals surface area (Å²) < 4.78 is 24.3. The highest BCUT2D eigenvalue weighted by Gasteiger charge is 2.30. The molecule has 0 radical (unpaired) electrons. The minimum absolute atomic E-state index is 0.0872. The van der Waals surface area contributed by atoms with Crippen molar-refractivity contribution in [1.29, 1.82) is 0 Å². The molecule has 1 atom stereocenters. The topological polar surface area (TPSA) is 64.8 Å². The van der Waals surface area contributed by atoms with E-state index in [-0.39, 0.29) is 17.9 Å². The van der Waals surface area contributed by atoms with Crippen molar-refractivity contribution in [3.8, 4) is 5.75 Å². The van der Waals surface area contributed by atoms with Gasteiger partial charge in [0, 0.05) is 19.0 Å². The summed E-state index contributed by atoms with van der Waals surface area (Å²) in [5, 5.41) is 0. The number of rotatable bonds is 2. The maximum absolute atomic E-state index is 13.4. The van der Waals surface area contributed by atoms with Crippen molar-refractivity contribution < 1.29 is 18.7 Å². The van der Waals surface area contributed by atoms with Crippen LogP contribution in [-0.4, -0.2) is 35.8 Å². The normalized spacial score (nSPS) is 18.7. The number of hydrogen-bond acceptors (Lipinski definition) is 4. The Labute approximate surface area is 123 Å². The molecule has 1 amide bonds. The lowest BCUT2D eigenvalue weighted by molar-refractivity contribution is 0.0275. The molecule has 0 spiro atoms. The van der Waals surface area contributed by atoms with E-state index in [1.165, 1.54) is 12.1 Å². The van der Waals surface area contributed by atoms with E-state index in [9.17, 15) is 9.18 Å². The summed E-state index contributed by atoms with van der Waals surface area (Å²) in [5.74, 6) is -0.0905. The third-order valence-electron chi connectivity index (χ3n) is 3.07. The molecule has 0 aliphatic carbocycles. The van der Waals surface area contributed by atoms with E-state index in [0.717, 1.165) is 0 Å². The molecule has 0 aromatic heterocycles. The Balaban J connectivity index is 1.90. The summed E-state index contributed by atoms with van der Waals surface area (Å²) in [6.07, 6.45) is 0.170. The molecule has 1 saturated heterocycles. The molecule has 116 valence electrons. The molecular weight excluding hydrogens is 275 g/mol. The second kappa shape index (κ2) is 5.79. The van der Waals surface area contributed by atoms with Crippen molar-refractivity contribution in [1.82, 2.24) is 4.90 Å². The predicted octanol–water partition coefficient (Wildman–Crippen LogP) is 2.80. The van der Waals surface area contributed by atoms with Gasteiger partial charge in [-0.05, 0) is 32.9 Å². The maximum atomic E-state index is 13.4. The zero-order chi connectivity index (χ0) is 15.6. The molecule has 1 aliphatic rings. The Morgan fingerprint density at radius 1 is 1.43 bits per heavy atom. The Hall–Kier alpha value is -1.98. The van der Waals surface area contributed by atoms with Crippen LogP contribution in [0.2, 0.25) is 0 Å². The Morgan fingerprint density at radius 3 is 2.76 bits per heavy atom. The van der Waals surface area contributed by atoms with Crippen LogP contribution in [0.25, 0.3) is 0 Å². The molecule has 0 bridgehead atoms. The number of nitrogens with zero attached hydrogens (tertiary/aromatic N) is 1. The van der Waals surface area contributed by atoms with Crippen LogP contribution >= 0.6 is 0 Å². The van der Waals surface area contributed by atoms with Crippen LogP contribution in [0.3, 0.4) is 0 Å². The molecule has 0 saturated carbocycles. The predicted molar refractivity (Wildman–Crippen MR) is 77.7 cm³/mol. The molecule has 2 rings (SSSR count). The van der Waals surface area contributed by atoms with Gasteiger partial charge < -0.3 is 20.1 Å². The number of benzene rings is 1. The first kappa shape index (κ1) is 15.4. The second-order valence-electron chi connectivity index (χ2n) is 6.14. The van der Waals surface area contributed by atoms with Crippen molar-refractivity contribution in [3.63, 3.8) is 0 Å². The fourth-order valence-electron chi connectivity index (χ4n) is 2.09. The van der Waals surface area contributed by atoms with E-state index in [0.29, 0.717) is 25.3 Å². The number of nitrogen functional groups attached to an aromatic ring is 1. The Bertz CT molecular complexity index is 528. The van der Waals surface area contributed by atoms with E-state index in [1.54, 1.807) is 11.0 Å². The highest BCUT2D eigenvalue weighted by molar-refractivity contribution is 5.68. The summed E-state index contributed by atoms with van der Waals surface area (Å²) in [6, 6.07) is 4.34. The molecule has 5 nitrogen and oxygen atoms in total.